The topological polar surface area (TPSA) is 80.3 Å². The molecule has 0 heterocycles. The second-order valence-electron chi connectivity index (χ2n) is 9.02. The molecule has 8 heteroatoms. The summed E-state index contributed by atoms with van der Waals surface area (Å²) in [6.45, 7) is 9.33. The highest BCUT2D eigenvalue weighted by molar-refractivity contribution is 6.61. The van der Waals surface area contributed by atoms with Gasteiger partial charge < -0.3 is 23.5 Å². The number of hydrogen-bond acceptors (Lipinski definition) is 7. The molecule has 7 nitrogen and oxygen atoms in total. The minimum atomic E-state index is -0.454. The summed E-state index contributed by atoms with van der Waals surface area (Å²) >= 11 is 0. The van der Waals surface area contributed by atoms with Crippen molar-refractivity contribution in [2.75, 3.05) is 26.9 Å². The Kier molecular flexibility index (Phi) is 11.1. The Morgan fingerprint density at radius 1 is 0.882 bits per heavy atom. The molecule has 2 aromatic carbocycles. The molecule has 0 bridgehead atoms. The van der Waals surface area contributed by atoms with E-state index in [9.17, 15) is 9.59 Å². The molecule has 2 aromatic rings. The number of benzene rings is 2. The lowest BCUT2D eigenvalue weighted by molar-refractivity contribution is -0.145. The van der Waals surface area contributed by atoms with Gasteiger partial charge in [-0.1, -0.05) is 32.9 Å². The van der Waals surface area contributed by atoms with Crippen molar-refractivity contribution in [2.24, 2.45) is 5.41 Å². The Hall–Kier alpha value is -2.84. The normalized spacial score (nSPS) is 11.1. The molecule has 0 N–H and O–H groups in total. The predicted molar refractivity (Wildman–Crippen MR) is 132 cm³/mol. The summed E-state index contributed by atoms with van der Waals surface area (Å²) in [5.74, 6) is 0.469. The van der Waals surface area contributed by atoms with Crippen molar-refractivity contribution in [1.82, 2.24) is 0 Å². The van der Waals surface area contributed by atoms with Crippen molar-refractivity contribution in [3.8, 4) is 11.5 Å². The summed E-state index contributed by atoms with van der Waals surface area (Å²) in [4.78, 5) is 24.1. The fourth-order valence-corrected chi connectivity index (χ4v) is 3.06. The number of hydrogen-bond donors (Lipinski definition) is 0. The van der Waals surface area contributed by atoms with E-state index in [1.807, 2.05) is 27.7 Å². The number of carbonyl (C=O) groups excluding carboxylic acids is 2. The summed E-state index contributed by atoms with van der Waals surface area (Å²) in [6.07, 6.45) is 1.90. The van der Waals surface area contributed by atoms with E-state index in [1.165, 1.54) is 0 Å². The van der Waals surface area contributed by atoms with Gasteiger partial charge in [-0.15, -0.1) is 0 Å². The third-order valence-electron chi connectivity index (χ3n) is 4.73. The van der Waals surface area contributed by atoms with Crippen LogP contribution in [0.2, 0.25) is 0 Å². The molecular weight excluding hydrogens is 435 g/mol. The molecule has 0 radical (unpaired) electrons. The van der Waals surface area contributed by atoms with E-state index in [4.69, 9.17) is 23.5 Å². The van der Waals surface area contributed by atoms with Gasteiger partial charge in [0.05, 0.1) is 25.2 Å². The molecule has 0 amide bonds. The molecule has 184 valence electrons. The van der Waals surface area contributed by atoms with Crippen LogP contribution in [-0.2, 0) is 18.8 Å². The van der Waals surface area contributed by atoms with Gasteiger partial charge >= 0.3 is 19.1 Å². The van der Waals surface area contributed by atoms with Crippen LogP contribution in [0.15, 0.2) is 48.5 Å². The monoisotopic (exact) mass is 470 g/mol. The first-order chi connectivity index (χ1) is 16.2. The number of esters is 2. The first-order valence-electron chi connectivity index (χ1n) is 11.6. The summed E-state index contributed by atoms with van der Waals surface area (Å²) in [5.41, 5.74) is 1.20. The highest BCUT2D eigenvalue weighted by Crippen LogP contribution is 2.19. The van der Waals surface area contributed by atoms with Crippen molar-refractivity contribution in [2.45, 2.75) is 47.0 Å². The summed E-state index contributed by atoms with van der Waals surface area (Å²) in [6, 6.07) is 13.8. The van der Waals surface area contributed by atoms with Gasteiger partial charge in [-0.25, -0.2) is 4.79 Å². The molecule has 2 rings (SSSR count). The largest absolute Gasteiger partial charge is 0.494 e. The van der Waals surface area contributed by atoms with E-state index in [-0.39, 0.29) is 11.4 Å². The van der Waals surface area contributed by atoms with Crippen LogP contribution in [0.25, 0.3) is 0 Å². The zero-order valence-corrected chi connectivity index (χ0v) is 20.8. The van der Waals surface area contributed by atoms with Crippen LogP contribution in [0.5, 0.6) is 11.5 Å². The highest BCUT2D eigenvalue weighted by Gasteiger charge is 2.19. The number of carbonyl (C=O) groups is 2. The van der Waals surface area contributed by atoms with E-state index in [0.717, 1.165) is 18.3 Å². The fraction of sp³-hybridized carbons (Fsp3) is 0.462. The van der Waals surface area contributed by atoms with Gasteiger partial charge in [-0.05, 0) is 67.0 Å². The molecule has 0 aliphatic rings. The maximum atomic E-state index is 12.4. The molecule has 0 aliphatic heterocycles. The van der Waals surface area contributed by atoms with Crippen molar-refractivity contribution in [3.05, 3.63) is 54.1 Å². The predicted octanol–water partition coefficient (Wildman–Crippen LogP) is 4.42. The van der Waals surface area contributed by atoms with Crippen molar-refractivity contribution < 1.29 is 33.1 Å². The van der Waals surface area contributed by atoms with Crippen LogP contribution in [0.1, 0.15) is 57.3 Å². The minimum absolute atomic E-state index is 0.0687. The van der Waals surface area contributed by atoms with Gasteiger partial charge in [-0.3, -0.25) is 4.79 Å². The fourth-order valence-electron chi connectivity index (χ4n) is 3.06. The Labute approximate surface area is 202 Å². The van der Waals surface area contributed by atoms with Gasteiger partial charge in [0.25, 0.3) is 0 Å². The van der Waals surface area contributed by atoms with Crippen LogP contribution in [-0.4, -0.2) is 46.0 Å². The summed E-state index contributed by atoms with van der Waals surface area (Å²) in [5, 5.41) is 0. The first-order valence-corrected chi connectivity index (χ1v) is 11.6. The smallest absolute Gasteiger partial charge is 0.493 e. The van der Waals surface area contributed by atoms with E-state index in [2.05, 4.69) is 0 Å². The lowest BCUT2D eigenvalue weighted by Gasteiger charge is -2.16. The molecule has 0 fully saturated rings. The summed E-state index contributed by atoms with van der Waals surface area (Å²) in [7, 11) is 1.12. The third-order valence-corrected chi connectivity index (χ3v) is 4.73. The zero-order valence-electron chi connectivity index (χ0n) is 20.8. The van der Waals surface area contributed by atoms with Crippen LogP contribution >= 0.6 is 0 Å². The molecule has 0 atom stereocenters. The zero-order chi connectivity index (χ0) is 25.0. The number of rotatable bonds is 13. The second kappa shape index (κ2) is 13.8. The summed E-state index contributed by atoms with van der Waals surface area (Å²) < 4.78 is 27.2. The van der Waals surface area contributed by atoms with Crippen LogP contribution in [0.3, 0.4) is 0 Å². The highest BCUT2D eigenvalue weighted by atomic mass is 16.6. The molecule has 0 saturated carbocycles. The molecule has 0 spiro atoms. The quantitative estimate of drug-likeness (QED) is 0.186. The van der Waals surface area contributed by atoms with Gasteiger partial charge in [0, 0.05) is 13.7 Å². The minimum Gasteiger partial charge on any atom is -0.494 e. The van der Waals surface area contributed by atoms with Crippen molar-refractivity contribution >= 4 is 24.5 Å². The van der Waals surface area contributed by atoms with Gasteiger partial charge in [0.15, 0.2) is 0 Å². The van der Waals surface area contributed by atoms with Crippen molar-refractivity contribution in [3.63, 3.8) is 0 Å². The molecule has 0 aliphatic carbocycles. The van der Waals surface area contributed by atoms with E-state index in [0.29, 0.717) is 43.3 Å². The third kappa shape index (κ3) is 9.97. The molecule has 0 saturated heterocycles. The average Bonchev–Trinajstić information content (AvgIpc) is 2.79. The van der Waals surface area contributed by atoms with E-state index in [1.54, 1.807) is 55.6 Å². The maximum absolute atomic E-state index is 12.4. The molecule has 34 heavy (non-hydrogen) atoms. The number of ether oxygens (including phenoxy) is 3. The van der Waals surface area contributed by atoms with E-state index < -0.39 is 13.1 Å². The van der Waals surface area contributed by atoms with E-state index >= 15 is 0 Å². The Morgan fingerprint density at radius 3 is 2.09 bits per heavy atom. The van der Waals surface area contributed by atoms with Gasteiger partial charge in [0.1, 0.15) is 11.5 Å². The molecule has 0 unspecified atom stereocenters. The molecular formula is C26H35BO7. The lowest BCUT2D eigenvalue weighted by Crippen LogP contribution is -2.35. The average molecular weight is 470 g/mol. The Morgan fingerprint density at radius 2 is 1.50 bits per heavy atom. The first kappa shape index (κ1) is 27.4. The SMILES string of the molecule is CCOB(OC)c1ccc(OC(=O)c2ccc(OCCCCOC(=O)CC(C)(C)C)cc2)cc1. The van der Waals surface area contributed by atoms with Crippen LogP contribution in [0.4, 0.5) is 0 Å². The number of unbranched alkanes of at least 4 members (excludes halogenated alkanes) is 1. The lowest BCUT2D eigenvalue weighted by atomic mass is 9.79. The maximum Gasteiger partial charge on any atom is 0.493 e. The van der Waals surface area contributed by atoms with Crippen LogP contribution in [0, 0.1) is 5.41 Å². The Balaban J connectivity index is 1.72. The van der Waals surface area contributed by atoms with Crippen LogP contribution < -0.4 is 14.9 Å². The molecule has 0 aromatic heterocycles. The van der Waals surface area contributed by atoms with Gasteiger partial charge in [-0.2, -0.15) is 0 Å². The van der Waals surface area contributed by atoms with Crippen molar-refractivity contribution in [1.29, 1.82) is 0 Å². The second-order valence-corrected chi connectivity index (χ2v) is 9.02. The Bertz CT molecular complexity index is 889. The standard InChI is InChI=1S/C26H35BO7/c1-6-33-27(30-5)21-11-15-23(16-12-21)34-25(29)20-9-13-22(14-10-20)31-17-7-8-18-32-24(28)19-26(2,3)4/h9-16H,6-8,17-19H2,1-5H3. The van der Waals surface area contributed by atoms with Gasteiger partial charge in [0.2, 0.25) is 0 Å².